The minimum absolute atomic E-state index is 0.885. The summed E-state index contributed by atoms with van der Waals surface area (Å²) in [5, 5.41) is 9.43. The van der Waals surface area contributed by atoms with Crippen molar-refractivity contribution in [2.45, 2.75) is 0 Å². The van der Waals surface area contributed by atoms with Gasteiger partial charge in [0.05, 0.1) is 40.1 Å². The Kier molecular flexibility index (Phi) is 7.46. The first-order valence-electron chi connectivity index (χ1n) is 21.5. The van der Waals surface area contributed by atoms with Crippen molar-refractivity contribution >= 4 is 97.2 Å². The molecule has 7 heteroatoms. The van der Waals surface area contributed by atoms with Gasteiger partial charge in [-0.25, -0.2) is 9.97 Å². The van der Waals surface area contributed by atoms with Gasteiger partial charge < -0.3 is 4.57 Å². The van der Waals surface area contributed by atoms with E-state index in [0.29, 0.717) is 0 Å². The third kappa shape index (κ3) is 5.10. The van der Waals surface area contributed by atoms with Crippen LogP contribution in [0.15, 0.2) is 207 Å². The van der Waals surface area contributed by atoms with E-state index in [-0.39, 0.29) is 0 Å². The van der Waals surface area contributed by atoms with Crippen LogP contribution in [-0.4, -0.2) is 28.7 Å². The zero-order valence-electron chi connectivity index (χ0n) is 34.2. The lowest BCUT2D eigenvalue weighted by Crippen LogP contribution is -1.99. The molecule has 0 saturated carbocycles. The minimum atomic E-state index is 0.885. The van der Waals surface area contributed by atoms with Crippen LogP contribution in [0.5, 0.6) is 0 Å². The van der Waals surface area contributed by atoms with E-state index in [9.17, 15) is 0 Å². The predicted octanol–water partition coefficient (Wildman–Crippen LogP) is 14.9. The van der Waals surface area contributed by atoms with Gasteiger partial charge in [-0.2, -0.15) is 0 Å². The normalized spacial score (nSPS) is 12.1. The van der Waals surface area contributed by atoms with Crippen molar-refractivity contribution in [2.75, 3.05) is 0 Å². The van der Waals surface area contributed by atoms with E-state index in [4.69, 9.17) is 9.97 Å². The summed E-state index contributed by atoms with van der Waals surface area (Å²) in [6, 6.07) is 65.8. The molecule has 6 nitrogen and oxygen atoms in total. The first kappa shape index (κ1) is 35.2. The lowest BCUT2D eigenvalue weighted by Gasteiger charge is -2.12. The molecule has 0 aliphatic carbocycles. The molecule has 298 valence electrons. The molecule has 0 fully saturated rings. The van der Waals surface area contributed by atoms with E-state index < -0.39 is 0 Å². The summed E-state index contributed by atoms with van der Waals surface area (Å²) in [4.78, 5) is 14.8. The van der Waals surface area contributed by atoms with Crippen molar-refractivity contribution in [3.05, 3.63) is 207 Å². The van der Waals surface area contributed by atoms with Crippen molar-refractivity contribution in [1.82, 2.24) is 28.7 Å². The van der Waals surface area contributed by atoms with Gasteiger partial charge in [0.15, 0.2) is 0 Å². The van der Waals surface area contributed by atoms with Crippen LogP contribution < -0.4 is 0 Å². The Labute approximate surface area is 370 Å². The maximum absolute atomic E-state index is 5.36. The lowest BCUT2D eigenvalue weighted by molar-refractivity contribution is 1.10. The fourth-order valence-electron chi connectivity index (χ4n) is 10.2. The molecular formula is C57H34N6S. The summed E-state index contributed by atoms with van der Waals surface area (Å²) in [6.07, 6.45) is 7.72. The molecular weight excluding hydrogens is 801 g/mol. The fraction of sp³-hybridized carbons (Fsp3) is 0. The number of aromatic nitrogens is 6. The molecule has 7 aromatic heterocycles. The van der Waals surface area contributed by atoms with Crippen LogP contribution in [0, 0.1) is 0 Å². The maximum Gasteiger partial charge on any atom is 0.145 e. The molecule has 0 radical (unpaired) electrons. The molecule has 0 amide bonds. The second-order valence-electron chi connectivity index (χ2n) is 16.5. The van der Waals surface area contributed by atoms with Crippen molar-refractivity contribution in [2.24, 2.45) is 0 Å². The van der Waals surface area contributed by atoms with E-state index >= 15 is 0 Å². The second-order valence-corrected chi connectivity index (χ2v) is 17.5. The zero-order chi connectivity index (χ0) is 41.9. The van der Waals surface area contributed by atoms with Gasteiger partial charge in [-0.3, -0.25) is 14.1 Å². The molecule has 0 N–H and O–H groups in total. The van der Waals surface area contributed by atoms with Crippen LogP contribution in [0.2, 0.25) is 0 Å². The number of pyridine rings is 3. The van der Waals surface area contributed by atoms with Gasteiger partial charge in [-0.15, -0.1) is 11.3 Å². The first-order chi connectivity index (χ1) is 31.7. The average molecular weight is 835 g/mol. The van der Waals surface area contributed by atoms with Crippen LogP contribution >= 0.6 is 11.3 Å². The van der Waals surface area contributed by atoms with Gasteiger partial charge in [0.25, 0.3) is 0 Å². The lowest BCUT2D eigenvalue weighted by atomic mass is 9.97. The van der Waals surface area contributed by atoms with Crippen molar-refractivity contribution in [1.29, 1.82) is 0 Å². The minimum Gasteiger partial charge on any atom is -0.308 e. The molecule has 0 bridgehead atoms. The Hall–Kier alpha value is -8.39. The van der Waals surface area contributed by atoms with E-state index in [0.717, 1.165) is 83.1 Å². The summed E-state index contributed by atoms with van der Waals surface area (Å²) in [6.45, 7) is 0. The number of nitrogens with zero attached hydrogens (tertiary/aromatic N) is 6. The second kappa shape index (κ2) is 13.6. The van der Waals surface area contributed by atoms with Crippen LogP contribution in [0.4, 0.5) is 0 Å². The quantitative estimate of drug-likeness (QED) is 0.174. The topological polar surface area (TPSA) is 53.5 Å². The van der Waals surface area contributed by atoms with Gasteiger partial charge in [-0.05, 0) is 101 Å². The van der Waals surface area contributed by atoms with Crippen molar-refractivity contribution in [3.63, 3.8) is 0 Å². The number of hydrogen-bond acceptors (Lipinski definition) is 4. The van der Waals surface area contributed by atoms with Gasteiger partial charge in [0.2, 0.25) is 0 Å². The highest BCUT2D eigenvalue weighted by molar-refractivity contribution is 7.26. The maximum atomic E-state index is 5.36. The molecule has 7 aromatic carbocycles. The van der Waals surface area contributed by atoms with Crippen molar-refractivity contribution < 1.29 is 0 Å². The number of thiophene rings is 1. The van der Waals surface area contributed by atoms with Crippen LogP contribution in [0.1, 0.15) is 0 Å². The number of hydrogen-bond donors (Lipinski definition) is 0. The zero-order valence-corrected chi connectivity index (χ0v) is 35.0. The molecule has 0 spiro atoms. The highest BCUT2D eigenvalue weighted by atomic mass is 32.1. The average Bonchev–Trinajstić information content (AvgIpc) is 4.10. The SMILES string of the molecule is c1cc(-c2cccc(-n3c4ccc(-n5c6ccccc6c6ccncc65)cc4c4cc(-n5c6ccccc6c6cccnc65)cnc43)c2)cc(-c2cccc3c2sc2ccccc23)c1. The van der Waals surface area contributed by atoms with Gasteiger partial charge in [0, 0.05) is 76.3 Å². The van der Waals surface area contributed by atoms with Crippen LogP contribution in [0.25, 0.3) is 125 Å². The largest absolute Gasteiger partial charge is 0.308 e. The summed E-state index contributed by atoms with van der Waals surface area (Å²) >= 11 is 1.87. The Balaban J connectivity index is 0.980. The molecule has 14 aromatic rings. The molecule has 0 atom stereocenters. The standard InChI is InChI=1S/C57H34N6S/c1-4-21-50-42(15-1)44-26-28-58-34-53(44)61(50)39-24-25-52-48(31-39)49-32-40(63-51-22-5-2-16-43(51)47-20-10-27-59-56(47)63)33-60-57(49)62(52)38-14-8-12-36(30-38)35-11-7-13-37(29-35)41-18-9-19-46-45-17-3-6-23-54(45)64-55(41)46/h1-34H. The number of rotatable bonds is 5. The number of fused-ring (bicyclic) bond motifs is 12. The molecule has 7 heterocycles. The molecule has 0 aliphatic heterocycles. The van der Waals surface area contributed by atoms with E-state index in [1.165, 1.54) is 42.1 Å². The van der Waals surface area contributed by atoms with E-state index in [2.05, 4.69) is 195 Å². The highest BCUT2D eigenvalue weighted by Gasteiger charge is 2.21. The highest BCUT2D eigenvalue weighted by Crippen LogP contribution is 2.42. The third-order valence-corrected chi connectivity index (χ3v) is 14.2. The first-order valence-corrected chi connectivity index (χ1v) is 22.3. The smallest absolute Gasteiger partial charge is 0.145 e. The number of benzene rings is 7. The van der Waals surface area contributed by atoms with E-state index in [1.54, 1.807) is 0 Å². The van der Waals surface area contributed by atoms with Gasteiger partial charge in [0.1, 0.15) is 11.3 Å². The molecule has 0 aliphatic rings. The monoisotopic (exact) mass is 834 g/mol. The molecule has 0 saturated heterocycles. The van der Waals surface area contributed by atoms with Crippen LogP contribution in [-0.2, 0) is 0 Å². The van der Waals surface area contributed by atoms with Crippen molar-refractivity contribution in [3.8, 4) is 39.3 Å². The number of para-hydroxylation sites is 2. The fourth-order valence-corrected chi connectivity index (χ4v) is 11.5. The Bertz CT molecular complexity index is 3950. The van der Waals surface area contributed by atoms with E-state index in [1.807, 2.05) is 42.2 Å². The van der Waals surface area contributed by atoms with Gasteiger partial charge >= 0.3 is 0 Å². The molecule has 14 rings (SSSR count). The van der Waals surface area contributed by atoms with Crippen LogP contribution in [0.3, 0.4) is 0 Å². The summed E-state index contributed by atoms with van der Waals surface area (Å²) in [7, 11) is 0. The molecule has 64 heavy (non-hydrogen) atoms. The Morgan fingerprint density at radius 2 is 0.984 bits per heavy atom. The Morgan fingerprint density at radius 3 is 1.89 bits per heavy atom. The van der Waals surface area contributed by atoms with Gasteiger partial charge in [-0.1, -0.05) is 103 Å². The predicted molar refractivity (Wildman–Crippen MR) is 267 cm³/mol. The summed E-state index contributed by atoms with van der Waals surface area (Å²) < 4.78 is 9.53. The third-order valence-electron chi connectivity index (χ3n) is 13.0. The summed E-state index contributed by atoms with van der Waals surface area (Å²) in [5.74, 6) is 0. The summed E-state index contributed by atoms with van der Waals surface area (Å²) in [5.41, 5.74) is 14.0. The Morgan fingerprint density at radius 1 is 0.344 bits per heavy atom. The molecule has 0 unspecified atom stereocenters.